The molecule has 3 N–H and O–H groups in total. The van der Waals surface area contributed by atoms with Crippen molar-refractivity contribution in [3.05, 3.63) is 6.33 Å². The summed E-state index contributed by atoms with van der Waals surface area (Å²) in [5.41, 5.74) is 5.13. The van der Waals surface area contributed by atoms with Crippen molar-refractivity contribution < 1.29 is 4.79 Å². The van der Waals surface area contributed by atoms with Crippen LogP contribution in [-0.2, 0) is 4.79 Å². The Morgan fingerprint density at radius 1 is 1.56 bits per heavy atom. The molecule has 2 unspecified atom stereocenters. The van der Waals surface area contributed by atoms with Crippen LogP contribution in [0.15, 0.2) is 10.7 Å². The second-order valence-corrected chi connectivity index (χ2v) is 7.38. The molecule has 18 heavy (non-hydrogen) atoms. The third-order valence-corrected chi connectivity index (χ3v) is 5.62. The van der Waals surface area contributed by atoms with E-state index < -0.39 is 5.54 Å². The van der Waals surface area contributed by atoms with Gasteiger partial charge in [-0.3, -0.25) is 4.79 Å². The molecular weight excluding hydrogens is 268 g/mol. The van der Waals surface area contributed by atoms with Crippen LogP contribution in [0.3, 0.4) is 0 Å². The van der Waals surface area contributed by atoms with Crippen LogP contribution >= 0.6 is 23.3 Å². The van der Waals surface area contributed by atoms with Crippen molar-refractivity contribution in [1.29, 1.82) is 0 Å². The lowest BCUT2D eigenvalue weighted by Gasteiger charge is -2.27. The van der Waals surface area contributed by atoms with Gasteiger partial charge in [0.2, 0.25) is 5.91 Å². The van der Waals surface area contributed by atoms with E-state index in [-0.39, 0.29) is 5.91 Å². The molecule has 2 aliphatic carbocycles. The molecule has 1 heterocycles. The van der Waals surface area contributed by atoms with Crippen molar-refractivity contribution in [3.8, 4) is 0 Å². The number of aromatic nitrogens is 2. The number of thioether (sulfide) groups is 1. The van der Waals surface area contributed by atoms with Gasteiger partial charge in [0.1, 0.15) is 6.33 Å². The smallest absolute Gasteiger partial charge is 0.237 e. The van der Waals surface area contributed by atoms with E-state index in [1.54, 1.807) is 18.1 Å². The molecule has 2 fully saturated rings. The van der Waals surface area contributed by atoms with Gasteiger partial charge in [-0.25, -0.2) is 4.98 Å². The summed E-state index contributed by atoms with van der Waals surface area (Å²) in [5, 5.41) is 3.87. The van der Waals surface area contributed by atoms with Gasteiger partial charge in [0.15, 0.2) is 4.34 Å². The molecule has 1 amide bonds. The topological polar surface area (TPSA) is 80.9 Å². The molecule has 2 atom stereocenters. The number of carbonyl (C=O) groups is 1. The molecule has 0 aliphatic heterocycles. The second kappa shape index (κ2) is 4.79. The molecule has 1 aromatic heterocycles. The minimum atomic E-state index is -0.483. The maximum atomic E-state index is 11.8. The second-order valence-electron chi connectivity index (χ2n) is 5.05. The Morgan fingerprint density at radius 3 is 3.00 bits per heavy atom. The molecule has 0 saturated heterocycles. The van der Waals surface area contributed by atoms with Crippen LogP contribution in [-0.4, -0.2) is 32.1 Å². The number of primary amides is 1. The van der Waals surface area contributed by atoms with E-state index in [0.717, 1.165) is 23.6 Å². The Balaban J connectivity index is 1.65. The first-order valence-electron chi connectivity index (χ1n) is 6.19. The van der Waals surface area contributed by atoms with E-state index in [0.29, 0.717) is 11.3 Å². The van der Waals surface area contributed by atoms with Crippen LogP contribution in [0, 0.1) is 0 Å². The standard InChI is InChI=1S/C11H16N4OS2/c12-9(16)11(15-7-1-2-7)4-3-8(5-11)17-10-13-6-14-18-10/h6-8,15H,1-5H2,(H2,12,16). The predicted octanol–water partition coefficient (Wildman–Crippen LogP) is 1.16. The van der Waals surface area contributed by atoms with E-state index in [1.165, 1.54) is 24.4 Å². The summed E-state index contributed by atoms with van der Waals surface area (Å²) in [6, 6.07) is 0.503. The van der Waals surface area contributed by atoms with Gasteiger partial charge in [-0.1, -0.05) is 11.8 Å². The summed E-state index contributed by atoms with van der Waals surface area (Å²) in [5.74, 6) is -0.199. The molecule has 0 aromatic carbocycles. The number of rotatable bonds is 5. The monoisotopic (exact) mass is 284 g/mol. The van der Waals surface area contributed by atoms with Gasteiger partial charge in [0, 0.05) is 11.3 Å². The molecule has 1 aromatic rings. The van der Waals surface area contributed by atoms with E-state index in [4.69, 9.17) is 5.73 Å². The van der Waals surface area contributed by atoms with Crippen molar-refractivity contribution in [3.63, 3.8) is 0 Å². The van der Waals surface area contributed by atoms with E-state index in [2.05, 4.69) is 14.7 Å². The lowest BCUT2D eigenvalue weighted by Crippen LogP contribution is -2.54. The highest BCUT2D eigenvalue weighted by molar-refractivity contribution is 8.01. The summed E-state index contributed by atoms with van der Waals surface area (Å²) >= 11 is 3.13. The molecule has 3 rings (SSSR count). The normalized spacial score (nSPS) is 31.7. The zero-order chi connectivity index (χ0) is 12.6. The van der Waals surface area contributed by atoms with Crippen molar-refractivity contribution in [1.82, 2.24) is 14.7 Å². The highest BCUT2D eigenvalue weighted by atomic mass is 32.2. The summed E-state index contributed by atoms with van der Waals surface area (Å²) < 4.78 is 4.97. The molecular formula is C11H16N4OS2. The van der Waals surface area contributed by atoms with Crippen molar-refractivity contribution in [2.24, 2.45) is 5.73 Å². The number of nitrogens with zero attached hydrogens (tertiary/aromatic N) is 2. The Labute approximate surface area is 114 Å². The molecule has 2 aliphatic rings. The first-order chi connectivity index (χ1) is 8.68. The van der Waals surface area contributed by atoms with Crippen LogP contribution in [0.4, 0.5) is 0 Å². The van der Waals surface area contributed by atoms with E-state index in [1.807, 2.05) is 0 Å². The summed E-state index contributed by atoms with van der Waals surface area (Å²) in [6.45, 7) is 0. The first-order valence-corrected chi connectivity index (χ1v) is 7.84. The average molecular weight is 284 g/mol. The summed E-state index contributed by atoms with van der Waals surface area (Å²) in [7, 11) is 0. The first kappa shape index (κ1) is 12.4. The zero-order valence-electron chi connectivity index (χ0n) is 9.96. The lowest BCUT2D eigenvalue weighted by molar-refractivity contribution is -0.124. The molecule has 7 heteroatoms. The Hall–Kier alpha value is -0.660. The zero-order valence-corrected chi connectivity index (χ0v) is 11.6. The highest BCUT2D eigenvalue weighted by Gasteiger charge is 2.47. The molecule has 0 radical (unpaired) electrons. The molecule has 2 saturated carbocycles. The number of amides is 1. The highest BCUT2D eigenvalue weighted by Crippen LogP contribution is 2.41. The maximum Gasteiger partial charge on any atom is 0.237 e. The minimum Gasteiger partial charge on any atom is -0.368 e. The fourth-order valence-electron chi connectivity index (χ4n) is 2.50. The van der Waals surface area contributed by atoms with Crippen molar-refractivity contribution in [2.45, 2.75) is 53.3 Å². The predicted molar refractivity (Wildman–Crippen MR) is 71.5 cm³/mol. The number of hydrogen-bond acceptors (Lipinski definition) is 6. The van der Waals surface area contributed by atoms with Gasteiger partial charge in [-0.15, -0.1) is 0 Å². The minimum absolute atomic E-state index is 0.199. The van der Waals surface area contributed by atoms with Gasteiger partial charge in [-0.05, 0) is 43.6 Å². The fourth-order valence-corrected chi connectivity index (χ4v) is 4.49. The van der Waals surface area contributed by atoms with Crippen molar-refractivity contribution >= 4 is 29.2 Å². The maximum absolute atomic E-state index is 11.8. The Kier molecular flexibility index (Phi) is 3.29. The van der Waals surface area contributed by atoms with Gasteiger partial charge < -0.3 is 11.1 Å². The Morgan fingerprint density at radius 2 is 2.39 bits per heavy atom. The molecule has 0 bridgehead atoms. The lowest BCUT2D eigenvalue weighted by atomic mass is 9.96. The number of nitrogens with one attached hydrogen (secondary N) is 1. The SMILES string of the molecule is NC(=O)C1(NC2CC2)CCC(Sc2ncns2)C1. The molecule has 0 spiro atoms. The van der Waals surface area contributed by atoms with Gasteiger partial charge >= 0.3 is 0 Å². The summed E-state index contributed by atoms with van der Waals surface area (Å²) in [6.07, 6.45) is 6.57. The van der Waals surface area contributed by atoms with Crippen LogP contribution in [0.2, 0.25) is 0 Å². The van der Waals surface area contributed by atoms with Gasteiger partial charge in [0.25, 0.3) is 0 Å². The van der Waals surface area contributed by atoms with E-state index in [9.17, 15) is 4.79 Å². The summed E-state index contributed by atoms with van der Waals surface area (Å²) in [4.78, 5) is 15.9. The van der Waals surface area contributed by atoms with Crippen LogP contribution in [0.25, 0.3) is 0 Å². The third-order valence-electron chi connectivity index (χ3n) is 3.61. The third kappa shape index (κ3) is 2.53. The van der Waals surface area contributed by atoms with Crippen LogP contribution in [0.1, 0.15) is 32.1 Å². The number of nitrogens with two attached hydrogens (primary N) is 1. The quantitative estimate of drug-likeness (QED) is 0.848. The van der Waals surface area contributed by atoms with Gasteiger partial charge in [0.05, 0.1) is 5.54 Å². The van der Waals surface area contributed by atoms with E-state index >= 15 is 0 Å². The van der Waals surface area contributed by atoms with Crippen LogP contribution < -0.4 is 11.1 Å². The Bertz CT molecular complexity index is 434. The number of hydrogen-bond donors (Lipinski definition) is 2. The molecule has 98 valence electrons. The fraction of sp³-hybridized carbons (Fsp3) is 0.727. The van der Waals surface area contributed by atoms with Crippen molar-refractivity contribution in [2.75, 3.05) is 0 Å². The average Bonchev–Trinajstić information content (AvgIpc) is 2.84. The van der Waals surface area contributed by atoms with Gasteiger partial charge in [-0.2, -0.15) is 4.37 Å². The molecule has 5 nitrogen and oxygen atoms in total. The van der Waals surface area contributed by atoms with Crippen LogP contribution in [0.5, 0.6) is 0 Å². The largest absolute Gasteiger partial charge is 0.368 e. The number of carbonyl (C=O) groups excluding carboxylic acids is 1.